The van der Waals surface area contributed by atoms with Gasteiger partial charge in [-0.15, -0.1) is 0 Å². The van der Waals surface area contributed by atoms with Gasteiger partial charge < -0.3 is 5.32 Å². The molecule has 0 fully saturated rings. The van der Waals surface area contributed by atoms with Crippen molar-refractivity contribution in [1.82, 2.24) is 15.1 Å². The molecule has 1 heterocycles. The fourth-order valence-corrected chi connectivity index (χ4v) is 2.10. The van der Waals surface area contributed by atoms with Crippen LogP contribution in [0.5, 0.6) is 0 Å². The van der Waals surface area contributed by atoms with Crippen molar-refractivity contribution in [2.45, 2.75) is 39.3 Å². The minimum atomic E-state index is -2.45. The maximum atomic E-state index is 12.9. The lowest BCUT2D eigenvalue weighted by Gasteiger charge is -2.20. The molecule has 3 nitrogen and oxygen atoms in total. The van der Waals surface area contributed by atoms with E-state index >= 15 is 0 Å². The second kappa shape index (κ2) is 5.72. The molecular formula is C10H16BrF2N3. The molecule has 1 atom stereocenters. The smallest absolute Gasteiger partial charge is 0.259 e. The average molecular weight is 296 g/mol. The first-order valence-corrected chi connectivity index (χ1v) is 6.02. The number of nitrogens with one attached hydrogen (secondary N) is 1. The Kier molecular flexibility index (Phi) is 4.86. The summed E-state index contributed by atoms with van der Waals surface area (Å²) in [4.78, 5) is 0. The summed E-state index contributed by atoms with van der Waals surface area (Å²) in [6, 6.07) is -0.925. The predicted octanol–water partition coefficient (Wildman–Crippen LogP) is 3.14. The Bertz CT molecular complexity index is 339. The zero-order valence-corrected chi connectivity index (χ0v) is 11.1. The molecule has 1 N–H and O–H groups in total. The van der Waals surface area contributed by atoms with Gasteiger partial charge in [-0.05, 0) is 36.3 Å². The van der Waals surface area contributed by atoms with E-state index in [4.69, 9.17) is 0 Å². The van der Waals surface area contributed by atoms with Gasteiger partial charge in [0.1, 0.15) is 6.04 Å². The van der Waals surface area contributed by atoms with E-state index < -0.39 is 12.5 Å². The molecular weight excluding hydrogens is 280 g/mol. The lowest BCUT2D eigenvalue weighted by atomic mass is 10.2. The fraction of sp³-hybridized carbons (Fsp3) is 0.700. The van der Waals surface area contributed by atoms with Gasteiger partial charge in [-0.3, -0.25) is 4.68 Å². The third-order valence-corrected chi connectivity index (χ3v) is 2.86. The van der Waals surface area contributed by atoms with E-state index in [1.165, 1.54) is 0 Å². The van der Waals surface area contributed by atoms with Crippen molar-refractivity contribution in [2.24, 2.45) is 0 Å². The van der Waals surface area contributed by atoms with Crippen LogP contribution < -0.4 is 5.32 Å². The number of hydrogen-bond donors (Lipinski definition) is 1. The third-order valence-electron chi connectivity index (χ3n) is 2.25. The summed E-state index contributed by atoms with van der Waals surface area (Å²) in [6.07, 6.45) is -0.896. The van der Waals surface area contributed by atoms with Crippen LogP contribution in [0.2, 0.25) is 0 Å². The van der Waals surface area contributed by atoms with E-state index in [2.05, 4.69) is 26.3 Å². The summed E-state index contributed by atoms with van der Waals surface area (Å²) < 4.78 is 28.1. The maximum Gasteiger partial charge on any atom is 0.259 e. The highest BCUT2D eigenvalue weighted by Gasteiger charge is 2.28. The second-order valence-corrected chi connectivity index (χ2v) is 4.64. The van der Waals surface area contributed by atoms with Crippen molar-refractivity contribution in [1.29, 1.82) is 0 Å². The fourth-order valence-electron chi connectivity index (χ4n) is 1.58. The van der Waals surface area contributed by atoms with Crippen LogP contribution in [0.4, 0.5) is 8.78 Å². The number of hydrogen-bond acceptors (Lipinski definition) is 2. The molecule has 1 rings (SSSR count). The quantitative estimate of drug-likeness (QED) is 0.904. The lowest BCUT2D eigenvalue weighted by molar-refractivity contribution is 0.0941. The minimum absolute atomic E-state index is 0.0567. The summed E-state index contributed by atoms with van der Waals surface area (Å²) in [7, 11) is 0. The molecule has 0 amide bonds. The SMILES string of the molecule is CCNC(c1c(Br)cnn1C(C)C)C(F)F. The Hall–Kier alpha value is -0.490. The molecule has 1 aromatic heterocycles. The van der Waals surface area contributed by atoms with Gasteiger partial charge in [0, 0.05) is 6.04 Å². The van der Waals surface area contributed by atoms with E-state index in [-0.39, 0.29) is 6.04 Å². The van der Waals surface area contributed by atoms with Crippen molar-refractivity contribution >= 4 is 15.9 Å². The standard InChI is InChI=1S/C10H16BrF2N3/c1-4-14-8(10(12)13)9-7(11)5-15-16(9)6(2)3/h5-6,8,10,14H,4H2,1-3H3. The van der Waals surface area contributed by atoms with Crippen molar-refractivity contribution in [2.75, 3.05) is 6.54 Å². The Morgan fingerprint density at radius 1 is 1.50 bits per heavy atom. The van der Waals surface area contributed by atoms with E-state index in [0.717, 1.165) is 0 Å². The molecule has 0 bridgehead atoms. The Labute approximate surface area is 102 Å². The van der Waals surface area contributed by atoms with Crippen LogP contribution in [0.25, 0.3) is 0 Å². The van der Waals surface area contributed by atoms with E-state index in [9.17, 15) is 8.78 Å². The van der Waals surface area contributed by atoms with E-state index in [0.29, 0.717) is 16.7 Å². The van der Waals surface area contributed by atoms with Gasteiger partial charge in [-0.2, -0.15) is 5.10 Å². The lowest BCUT2D eigenvalue weighted by Crippen LogP contribution is -2.30. The van der Waals surface area contributed by atoms with Crippen molar-refractivity contribution in [3.63, 3.8) is 0 Å². The summed E-state index contributed by atoms with van der Waals surface area (Å²) in [5, 5.41) is 6.88. The highest BCUT2D eigenvalue weighted by atomic mass is 79.9. The zero-order valence-electron chi connectivity index (χ0n) is 9.54. The van der Waals surface area contributed by atoms with Gasteiger partial charge in [-0.1, -0.05) is 6.92 Å². The molecule has 1 unspecified atom stereocenters. The van der Waals surface area contributed by atoms with Gasteiger partial charge in [0.2, 0.25) is 0 Å². The molecule has 0 spiro atoms. The number of aromatic nitrogens is 2. The van der Waals surface area contributed by atoms with Crippen LogP contribution in [-0.4, -0.2) is 22.8 Å². The predicted molar refractivity (Wildman–Crippen MR) is 62.7 cm³/mol. The summed E-state index contributed by atoms with van der Waals surface area (Å²) in [6.45, 7) is 6.12. The molecule has 0 radical (unpaired) electrons. The van der Waals surface area contributed by atoms with E-state index in [1.54, 1.807) is 17.8 Å². The second-order valence-electron chi connectivity index (χ2n) is 3.79. The summed E-state index contributed by atoms with van der Waals surface area (Å²) in [5.41, 5.74) is 0.506. The van der Waals surface area contributed by atoms with Crippen LogP contribution in [0.1, 0.15) is 38.5 Å². The minimum Gasteiger partial charge on any atom is -0.304 e. The van der Waals surface area contributed by atoms with Crippen molar-refractivity contribution < 1.29 is 8.78 Å². The topological polar surface area (TPSA) is 29.9 Å². The monoisotopic (exact) mass is 295 g/mol. The molecule has 0 aromatic carbocycles. The number of nitrogens with zero attached hydrogens (tertiary/aromatic N) is 2. The first-order valence-electron chi connectivity index (χ1n) is 5.23. The highest BCUT2D eigenvalue weighted by Crippen LogP contribution is 2.29. The highest BCUT2D eigenvalue weighted by molar-refractivity contribution is 9.10. The largest absolute Gasteiger partial charge is 0.304 e. The Morgan fingerprint density at radius 2 is 2.12 bits per heavy atom. The first-order chi connectivity index (χ1) is 7.49. The van der Waals surface area contributed by atoms with Gasteiger partial charge in [0.15, 0.2) is 0 Å². The third kappa shape index (κ3) is 2.79. The molecule has 0 aliphatic carbocycles. The first kappa shape index (κ1) is 13.6. The van der Waals surface area contributed by atoms with E-state index in [1.807, 2.05) is 13.8 Å². The Morgan fingerprint density at radius 3 is 2.56 bits per heavy atom. The van der Waals surface area contributed by atoms with Gasteiger partial charge in [0.25, 0.3) is 6.43 Å². The van der Waals surface area contributed by atoms with Gasteiger partial charge in [0.05, 0.1) is 16.4 Å². The molecule has 0 saturated heterocycles. The molecule has 6 heteroatoms. The Balaban J connectivity index is 3.11. The van der Waals surface area contributed by atoms with Crippen LogP contribution in [0.3, 0.4) is 0 Å². The number of alkyl halides is 2. The van der Waals surface area contributed by atoms with Crippen LogP contribution in [0.15, 0.2) is 10.7 Å². The normalized spacial score (nSPS) is 13.8. The summed E-state index contributed by atoms with van der Waals surface area (Å²) in [5.74, 6) is 0. The van der Waals surface area contributed by atoms with Gasteiger partial charge >= 0.3 is 0 Å². The molecule has 0 aliphatic heterocycles. The van der Waals surface area contributed by atoms with Gasteiger partial charge in [-0.25, -0.2) is 8.78 Å². The van der Waals surface area contributed by atoms with Crippen molar-refractivity contribution in [3.8, 4) is 0 Å². The molecule has 92 valence electrons. The molecule has 0 aliphatic rings. The van der Waals surface area contributed by atoms with Crippen LogP contribution in [0, 0.1) is 0 Å². The van der Waals surface area contributed by atoms with Crippen LogP contribution in [-0.2, 0) is 0 Å². The molecule has 1 aromatic rings. The average Bonchev–Trinajstić information content (AvgIpc) is 2.56. The maximum absolute atomic E-state index is 12.9. The molecule has 0 saturated carbocycles. The van der Waals surface area contributed by atoms with Crippen LogP contribution >= 0.6 is 15.9 Å². The zero-order chi connectivity index (χ0) is 12.3. The van der Waals surface area contributed by atoms with Crippen molar-refractivity contribution in [3.05, 3.63) is 16.4 Å². The number of halogens is 3. The summed E-state index contributed by atoms with van der Waals surface area (Å²) >= 11 is 3.27. The number of rotatable bonds is 5. The molecule has 16 heavy (non-hydrogen) atoms.